The second kappa shape index (κ2) is 11.0. The highest BCUT2D eigenvalue weighted by molar-refractivity contribution is 6.05. The molecule has 38 heavy (non-hydrogen) atoms. The van der Waals surface area contributed by atoms with Crippen molar-refractivity contribution in [2.45, 2.75) is 65.0 Å². The number of benzene rings is 2. The first-order valence-corrected chi connectivity index (χ1v) is 12.6. The van der Waals surface area contributed by atoms with Gasteiger partial charge in [-0.2, -0.15) is 0 Å². The van der Waals surface area contributed by atoms with Gasteiger partial charge in [-0.05, 0) is 70.2 Å². The minimum absolute atomic E-state index is 0.263. The molecule has 1 aliphatic rings. The molecule has 1 heterocycles. The van der Waals surface area contributed by atoms with Crippen LogP contribution in [-0.2, 0) is 28.9 Å². The number of carboxylic acid groups (broad SMARTS) is 1. The molecule has 1 aliphatic carbocycles. The summed E-state index contributed by atoms with van der Waals surface area (Å²) in [4.78, 5) is 46.5. The van der Waals surface area contributed by atoms with Crippen molar-refractivity contribution >= 4 is 23.7 Å². The first-order valence-electron chi connectivity index (χ1n) is 12.6. The molecule has 2 amide bonds. The normalized spacial score (nSPS) is 13.4. The van der Waals surface area contributed by atoms with Gasteiger partial charge in [-0.15, -0.1) is 0 Å². The minimum atomic E-state index is -0.974. The zero-order valence-electron chi connectivity index (χ0n) is 22.0. The fraction of sp³-hybridized carbons (Fsp3) is 0.345. The molecule has 0 saturated heterocycles. The number of ether oxygens (including phenoxy) is 1. The van der Waals surface area contributed by atoms with E-state index in [1.54, 1.807) is 52.0 Å². The van der Waals surface area contributed by atoms with Gasteiger partial charge in [-0.25, -0.2) is 14.8 Å². The summed E-state index contributed by atoms with van der Waals surface area (Å²) in [5, 5.41) is 15.1. The number of carbonyl (C=O) groups excluding carboxylic acids is 2. The monoisotopic (exact) mass is 516 g/mol. The second-order valence-electron chi connectivity index (χ2n) is 10.3. The first kappa shape index (κ1) is 26.8. The SMILES string of the molecule is CC(C(=O)O)c1ccccc1NC(=O)c1nc(-c2cccc(CNC(=O)OC(C)(C)C)c2)nc2c1CCC2. The van der Waals surface area contributed by atoms with Crippen molar-refractivity contribution in [1.29, 1.82) is 0 Å². The Morgan fingerprint density at radius 3 is 2.55 bits per heavy atom. The third-order valence-corrected chi connectivity index (χ3v) is 6.22. The van der Waals surface area contributed by atoms with E-state index in [2.05, 4.69) is 15.6 Å². The van der Waals surface area contributed by atoms with Crippen LogP contribution in [0.25, 0.3) is 11.4 Å². The van der Waals surface area contributed by atoms with E-state index in [0.717, 1.165) is 35.2 Å². The van der Waals surface area contributed by atoms with E-state index >= 15 is 0 Å². The van der Waals surface area contributed by atoms with Crippen LogP contribution in [0.3, 0.4) is 0 Å². The summed E-state index contributed by atoms with van der Waals surface area (Å²) in [7, 11) is 0. The van der Waals surface area contributed by atoms with E-state index in [1.165, 1.54) is 0 Å². The number of aliphatic carboxylic acids is 1. The van der Waals surface area contributed by atoms with Crippen LogP contribution >= 0.6 is 0 Å². The predicted octanol–water partition coefficient (Wildman–Crippen LogP) is 5.10. The Balaban J connectivity index is 1.60. The number of aryl methyl sites for hydroxylation is 1. The number of fused-ring (bicyclic) bond motifs is 1. The molecule has 0 bridgehead atoms. The van der Waals surface area contributed by atoms with Crippen LogP contribution in [0.15, 0.2) is 48.5 Å². The van der Waals surface area contributed by atoms with Gasteiger partial charge in [0, 0.05) is 29.1 Å². The predicted molar refractivity (Wildman–Crippen MR) is 143 cm³/mol. The van der Waals surface area contributed by atoms with Crippen molar-refractivity contribution in [3.05, 3.63) is 76.6 Å². The number of aromatic nitrogens is 2. The van der Waals surface area contributed by atoms with Gasteiger partial charge in [-0.3, -0.25) is 9.59 Å². The Kier molecular flexibility index (Phi) is 7.75. The molecule has 0 fully saturated rings. The maximum Gasteiger partial charge on any atom is 0.407 e. The number of hydrogen-bond donors (Lipinski definition) is 3. The molecule has 4 rings (SSSR count). The average Bonchev–Trinajstić information content (AvgIpc) is 3.35. The van der Waals surface area contributed by atoms with Gasteiger partial charge in [0.25, 0.3) is 5.91 Å². The summed E-state index contributed by atoms with van der Waals surface area (Å²) in [6.45, 7) is 7.25. The van der Waals surface area contributed by atoms with E-state index in [-0.39, 0.29) is 12.2 Å². The van der Waals surface area contributed by atoms with Gasteiger partial charge in [-0.1, -0.05) is 36.4 Å². The lowest BCUT2D eigenvalue weighted by Gasteiger charge is -2.19. The van der Waals surface area contributed by atoms with Gasteiger partial charge in [0.05, 0.1) is 5.92 Å². The fourth-order valence-corrected chi connectivity index (χ4v) is 4.36. The van der Waals surface area contributed by atoms with Crippen LogP contribution in [0.4, 0.5) is 10.5 Å². The fourth-order valence-electron chi connectivity index (χ4n) is 4.36. The highest BCUT2D eigenvalue weighted by atomic mass is 16.6. The molecule has 0 saturated carbocycles. The summed E-state index contributed by atoms with van der Waals surface area (Å²) in [5.41, 5.74) is 3.86. The number of hydrogen-bond acceptors (Lipinski definition) is 6. The molecule has 198 valence electrons. The maximum absolute atomic E-state index is 13.5. The number of rotatable bonds is 7. The number of para-hydroxylation sites is 1. The van der Waals surface area contributed by atoms with Crippen molar-refractivity contribution < 1.29 is 24.2 Å². The largest absolute Gasteiger partial charge is 0.481 e. The standard InChI is InChI=1S/C29H32N4O5/c1-17(27(35)36)20-11-5-6-13-22(20)32-26(34)24-21-12-8-14-23(21)31-25(33-24)19-10-7-9-18(15-19)16-30-28(37)38-29(2,3)4/h5-7,9-11,13,15,17H,8,12,14,16H2,1-4H3,(H,30,37)(H,32,34)(H,35,36). The second-order valence-corrected chi connectivity index (χ2v) is 10.3. The molecule has 0 radical (unpaired) electrons. The van der Waals surface area contributed by atoms with E-state index in [4.69, 9.17) is 9.72 Å². The van der Waals surface area contributed by atoms with Gasteiger partial charge in [0.2, 0.25) is 0 Å². The molecule has 9 heteroatoms. The summed E-state index contributed by atoms with van der Waals surface area (Å²) in [5.74, 6) is -1.74. The number of nitrogens with zero attached hydrogens (tertiary/aromatic N) is 2. The number of alkyl carbamates (subject to hydrolysis) is 1. The summed E-state index contributed by atoms with van der Waals surface area (Å²) in [6, 6.07) is 14.3. The van der Waals surface area contributed by atoms with Gasteiger partial charge in [0.1, 0.15) is 11.3 Å². The average molecular weight is 517 g/mol. The summed E-state index contributed by atoms with van der Waals surface area (Å²) < 4.78 is 5.30. The van der Waals surface area contributed by atoms with Crippen molar-refractivity contribution in [2.24, 2.45) is 0 Å². The Labute approximate surface area is 221 Å². The maximum atomic E-state index is 13.5. The third-order valence-electron chi connectivity index (χ3n) is 6.22. The van der Waals surface area contributed by atoms with Gasteiger partial charge in [0.15, 0.2) is 5.82 Å². The molecule has 3 N–H and O–H groups in total. The lowest BCUT2D eigenvalue weighted by molar-refractivity contribution is -0.138. The Morgan fingerprint density at radius 1 is 1.05 bits per heavy atom. The number of carbonyl (C=O) groups is 3. The molecule has 0 spiro atoms. The van der Waals surface area contributed by atoms with Crippen molar-refractivity contribution in [3.8, 4) is 11.4 Å². The van der Waals surface area contributed by atoms with Crippen LogP contribution < -0.4 is 10.6 Å². The minimum Gasteiger partial charge on any atom is -0.481 e. The van der Waals surface area contributed by atoms with Gasteiger partial charge >= 0.3 is 12.1 Å². The lowest BCUT2D eigenvalue weighted by Crippen LogP contribution is -2.32. The third kappa shape index (κ3) is 6.34. The van der Waals surface area contributed by atoms with E-state index in [9.17, 15) is 19.5 Å². The van der Waals surface area contributed by atoms with Crippen molar-refractivity contribution in [1.82, 2.24) is 15.3 Å². The lowest BCUT2D eigenvalue weighted by atomic mass is 9.99. The van der Waals surface area contributed by atoms with Crippen LogP contribution in [0.1, 0.15) is 72.9 Å². The molecule has 1 unspecified atom stereocenters. The quantitative estimate of drug-likeness (QED) is 0.398. The number of carboxylic acids is 1. The zero-order valence-corrected chi connectivity index (χ0v) is 22.0. The topological polar surface area (TPSA) is 131 Å². The highest BCUT2D eigenvalue weighted by Gasteiger charge is 2.26. The van der Waals surface area contributed by atoms with E-state index in [1.807, 2.05) is 24.3 Å². The van der Waals surface area contributed by atoms with Crippen LogP contribution in [0, 0.1) is 0 Å². The Hall–Kier alpha value is -4.27. The first-order chi connectivity index (χ1) is 18.0. The Morgan fingerprint density at radius 2 is 1.82 bits per heavy atom. The van der Waals surface area contributed by atoms with E-state index in [0.29, 0.717) is 23.5 Å². The summed E-state index contributed by atoms with van der Waals surface area (Å²) >= 11 is 0. The molecule has 3 aromatic rings. The molecule has 9 nitrogen and oxygen atoms in total. The number of nitrogens with one attached hydrogen (secondary N) is 2. The zero-order chi connectivity index (χ0) is 27.4. The van der Waals surface area contributed by atoms with Crippen LogP contribution in [0.5, 0.6) is 0 Å². The smallest absolute Gasteiger partial charge is 0.407 e. The molecular formula is C29H32N4O5. The number of amides is 2. The number of anilines is 1. The van der Waals surface area contributed by atoms with Crippen LogP contribution in [0.2, 0.25) is 0 Å². The van der Waals surface area contributed by atoms with Crippen LogP contribution in [-0.4, -0.2) is 38.6 Å². The van der Waals surface area contributed by atoms with Gasteiger partial charge < -0.3 is 20.5 Å². The summed E-state index contributed by atoms with van der Waals surface area (Å²) in [6.07, 6.45) is 1.82. The van der Waals surface area contributed by atoms with Crippen molar-refractivity contribution in [3.63, 3.8) is 0 Å². The molecular weight excluding hydrogens is 484 g/mol. The Bertz CT molecular complexity index is 1380. The highest BCUT2D eigenvalue weighted by Crippen LogP contribution is 2.29. The molecule has 2 aromatic carbocycles. The van der Waals surface area contributed by atoms with E-state index < -0.39 is 29.5 Å². The molecule has 1 atom stereocenters. The molecule has 0 aliphatic heterocycles. The van der Waals surface area contributed by atoms with Crippen molar-refractivity contribution in [2.75, 3.05) is 5.32 Å². The molecule has 1 aromatic heterocycles.